The quantitative estimate of drug-likeness (QED) is 0.714. The van der Waals surface area contributed by atoms with Gasteiger partial charge < -0.3 is 0 Å². The fraction of sp³-hybridized carbons (Fsp3) is 0.286. The first-order valence-corrected chi connectivity index (χ1v) is 5.58. The Morgan fingerprint density at radius 3 is 2.75 bits per heavy atom. The van der Waals surface area contributed by atoms with E-state index >= 15 is 0 Å². The number of fused-ring (bicyclic) bond motifs is 1. The lowest BCUT2D eigenvalue weighted by atomic mass is 9.94. The topological polar surface area (TPSA) is 30.0 Å². The van der Waals surface area contributed by atoms with E-state index in [1.54, 1.807) is 12.4 Å². The number of carbonyl (C=O) groups excluding carboxylic acids is 1. The molecule has 1 aliphatic rings. The Balaban J connectivity index is 2.20. The van der Waals surface area contributed by atoms with Crippen molar-refractivity contribution in [3.63, 3.8) is 0 Å². The minimum absolute atomic E-state index is 0.119. The van der Waals surface area contributed by atoms with Gasteiger partial charge in [-0.2, -0.15) is 0 Å². The SMILES string of the molecule is CC1(C(=O)c2cncc3ccccc23)CC1. The Morgan fingerprint density at radius 1 is 1.25 bits per heavy atom. The standard InChI is InChI=1S/C14H13NO/c1-14(6-7-14)13(16)12-9-15-8-10-4-2-3-5-11(10)12/h2-5,8-9H,6-7H2,1H3. The van der Waals surface area contributed by atoms with Crippen LogP contribution in [0.15, 0.2) is 36.7 Å². The summed E-state index contributed by atoms with van der Waals surface area (Å²) in [5, 5.41) is 2.06. The predicted molar refractivity (Wildman–Crippen MR) is 63.4 cm³/mol. The molecule has 16 heavy (non-hydrogen) atoms. The maximum atomic E-state index is 12.3. The molecule has 0 N–H and O–H groups in total. The van der Waals surface area contributed by atoms with Crippen molar-refractivity contribution in [3.8, 4) is 0 Å². The minimum atomic E-state index is -0.119. The summed E-state index contributed by atoms with van der Waals surface area (Å²) < 4.78 is 0. The van der Waals surface area contributed by atoms with Crippen molar-refractivity contribution in [2.24, 2.45) is 5.41 Å². The average molecular weight is 211 g/mol. The van der Waals surface area contributed by atoms with Crippen LogP contribution in [0.25, 0.3) is 10.8 Å². The second-order valence-corrected chi connectivity index (χ2v) is 4.80. The monoisotopic (exact) mass is 211 g/mol. The van der Waals surface area contributed by atoms with E-state index in [2.05, 4.69) is 4.98 Å². The van der Waals surface area contributed by atoms with E-state index in [1.165, 1.54) is 0 Å². The molecule has 0 aliphatic heterocycles. The van der Waals surface area contributed by atoms with E-state index in [0.29, 0.717) is 0 Å². The van der Waals surface area contributed by atoms with Crippen LogP contribution in [0, 0.1) is 5.41 Å². The Bertz CT molecular complexity index is 564. The number of benzene rings is 1. The summed E-state index contributed by atoms with van der Waals surface area (Å²) in [6.07, 6.45) is 5.53. The fourth-order valence-electron chi connectivity index (χ4n) is 2.04. The zero-order valence-corrected chi connectivity index (χ0v) is 9.23. The van der Waals surface area contributed by atoms with Crippen LogP contribution < -0.4 is 0 Å². The van der Waals surface area contributed by atoms with Crippen molar-refractivity contribution in [3.05, 3.63) is 42.2 Å². The number of pyridine rings is 1. The second-order valence-electron chi connectivity index (χ2n) is 4.80. The first kappa shape index (κ1) is 9.52. The van der Waals surface area contributed by atoms with E-state index in [9.17, 15) is 4.79 Å². The molecule has 0 bridgehead atoms. The number of nitrogens with zero attached hydrogens (tertiary/aromatic N) is 1. The van der Waals surface area contributed by atoms with Crippen LogP contribution in [0.1, 0.15) is 30.1 Å². The molecule has 1 aliphatic carbocycles. The van der Waals surface area contributed by atoms with Gasteiger partial charge in [0.1, 0.15) is 0 Å². The maximum Gasteiger partial charge on any atom is 0.170 e. The first-order chi connectivity index (χ1) is 7.71. The Labute approximate surface area is 94.3 Å². The van der Waals surface area contributed by atoms with Crippen molar-refractivity contribution in [2.45, 2.75) is 19.8 Å². The third-order valence-corrected chi connectivity index (χ3v) is 3.46. The van der Waals surface area contributed by atoms with Crippen LogP contribution >= 0.6 is 0 Å². The van der Waals surface area contributed by atoms with Crippen molar-refractivity contribution in [2.75, 3.05) is 0 Å². The highest BCUT2D eigenvalue weighted by Crippen LogP contribution is 2.48. The molecule has 0 saturated heterocycles. The highest BCUT2D eigenvalue weighted by Gasteiger charge is 2.45. The summed E-state index contributed by atoms with van der Waals surface area (Å²) in [6.45, 7) is 2.04. The molecule has 0 unspecified atom stereocenters. The van der Waals surface area contributed by atoms with Gasteiger partial charge in [0.05, 0.1) is 0 Å². The molecule has 2 aromatic rings. The summed E-state index contributed by atoms with van der Waals surface area (Å²) in [7, 11) is 0. The van der Waals surface area contributed by atoms with Crippen LogP contribution in [0.3, 0.4) is 0 Å². The molecule has 2 heteroatoms. The summed E-state index contributed by atoms with van der Waals surface area (Å²) in [5.41, 5.74) is 0.657. The van der Waals surface area contributed by atoms with Gasteiger partial charge in [-0.05, 0) is 18.2 Å². The first-order valence-electron chi connectivity index (χ1n) is 5.58. The summed E-state index contributed by atoms with van der Waals surface area (Å²) in [5.74, 6) is 0.247. The van der Waals surface area contributed by atoms with Gasteiger partial charge in [-0.1, -0.05) is 31.2 Å². The lowest BCUT2D eigenvalue weighted by Gasteiger charge is -2.09. The van der Waals surface area contributed by atoms with Gasteiger partial charge in [-0.15, -0.1) is 0 Å². The number of hydrogen-bond donors (Lipinski definition) is 0. The van der Waals surface area contributed by atoms with Crippen molar-refractivity contribution < 1.29 is 4.79 Å². The van der Waals surface area contributed by atoms with E-state index in [0.717, 1.165) is 29.2 Å². The molecule has 3 rings (SSSR count). The lowest BCUT2D eigenvalue weighted by Crippen LogP contribution is -2.12. The summed E-state index contributed by atoms with van der Waals surface area (Å²) in [4.78, 5) is 16.5. The number of Topliss-reactive ketones (excluding diaryl/α,β-unsaturated/α-hetero) is 1. The van der Waals surface area contributed by atoms with Gasteiger partial charge in [0.25, 0.3) is 0 Å². The molecule has 2 nitrogen and oxygen atoms in total. The number of ketones is 1. The van der Waals surface area contributed by atoms with Crippen LogP contribution in [-0.4, -0.2) is 10.8 Å². The molecule has 1 fully saturated rings. The molecule has 0 amide bonds. The van der Waals surface area contributed by atoms with Crippen LogP contribution in [0.5, 0.6) is 0 Å². The molecule has 1 heterocycles. The molecular weight excluding hydrogens is 198 g/mol. The third kappa shape index (κ3) is 1.33. The normalized spacial score (nSPS) is 17.3. The molecule has 0 radical (unpaired) electrons. The van der Waals surface area contributed by atoms with Crippen molar-refractivity contribution >= 4 is 16.6 Å². The average Bonchev–Trinajstić information content (AvgIpc) is 3.07. The van der Waals surface area contributed by atoms with Crippen molar-refractivity contribution in [1.29, 1.82) is 0 Å². The van der Waals surface area contributed by atoms with Crippen LogP contribution in [0.4, 0.5) is 0 Å². The molecule has 0 atom stereocenters. The number of aromatic nitrogens is 1. The van der Waals surface area contributed by atoms with Gasteiger partial charge in [-0.25, -0.2) is 0 Å². The zero-order chi connectivity index (χ0) is 11.2. The zero-order valence-electron chi connectivity index (χ0n) is 9.23. The van der Waals surface area contributed by atoms with Crippen LogP contribution in [0.2, 0.25) is 0 Å². The Hall–Kier alpha value is -1.70. The Morgan fingerprint density at radius 2 is 2.00 bits per heavy atom. The summed E-state index contributed by atoms with van der Waals surface area (Å²) >= 11 is 0. The maximum absolute atomic E-state index is 12.3. The van der Waals surface area contributed by atoms with Gasteiger partial charge in [0, 0.05) is 28.8 Å². The van der Waals surface area contributed by atoms with Gasteiger partial charge in [-0.3, -0.25) is 9.78 Å². The lowest BCUT2D eigenvalue weighted by molar-refractivity contribution is 0.0914. The fourth-order valence-corrected chi connectivity index (χ4v) is 2.04. The highest BCUT2D eigenvalue weighted by molar-refractivity contribution is 6.11. The summed E-state index contributed by atoms with van der Waals surface area (Å²) in [6, 6.07) is 7.93. The minimum Gasteiger partial charge on any atom is -0.293 e. The van der Waals surface area contributed by atoms with E-state index in [4.69, 9.17) is 0 Å². The number of carbonyl (C=O) groups is 1. The smallest absolute Gasteiger partial charge is 0.170 e. The third-order valence-electron chi connectivity index (χ3n) is 3.46. The number of rotatable bonds is 2. The molecule has 1 aromatic heterocycles. The van der Waals surface area contributed by atoms with E-state index in [-0.39, 0.29) is 11.2 Å². The molecule has 0 spiro atoms. The van der Waals surface area contributed by atoms with Gasteiger partial charge >= 0.3 is 0 Å². The van der Waals surface area contributed by atoms with E-state index < -0.39 is 0 Å². The number of hydrogen-bond acceptors (Lipinski definition) is 2. The molecule has 1 saturated carbocycles. The molecular formula is C14H13NO. The van der Waals surface area contributed by atoms with Crippen LogP contribution in [-0.2, 0) is 0 Å². The Kier molecular flexibility index (Phi) is 1.87. The molecule has 1 aromatic carbocycles. The predicted octanol–water partition coefficient (Wildman–Crippen LogP) is 3.22. The van der Waals surface area contributed by atoms with Crippen molar-refractivity contribution in [1.82, 2.24) is 4.98 Å². The molecule has 80 valence electrons. The second kappa shape index (κ2) is 3.14. The largest absolute Gasteiger partial charge is 0.293 e. The van der Waals surface area contributed by atoms with Gasteiger partial charge in [0.15, 0.2) is 5.78 Å². The van der Waals surface area contributed by atoms with Gasteiger partial charge in [0.2, 0.25) is 0 Å². The highest BCUT2D eigenvalue weighted by atomic mass is 16.1. The van der Waals surface area contributed by atoms with E-state index in [1.807, 2.05) is 31.2 Å².